The molecule has 2 unspecified atom stereocenters. The van der Waals surface area contributed by atoms with Gasteiger partial charge in [0.2, 0.25) is 5.91 Å². The lowest BCUT2D eigenvalue weighted by Crippen LogP contribution is -2.52. The Balaban J connectivity index is 2.46. The number of carbonyl (C=O) groups excluding carboxylic acids is 3. The van der Waals surface area contributed by atoms with Crippen LogP contribution in [0, 0.1) is 3.57 Å². The number of nitrogens with one attached hydrogen (secondary N) is 4. The van der Waals surface area contributed by atoms with Gasteiger partial charge in [0.15, 0.2) is 0 Å². The largest absolute Gasteiger partial charge is 0.481 e. The Labute approximate surface area is 201 Å². The van der Waals surface area contributed by atoms with Gasteiger partial charge in [-0.3, -0.25) is 14.4 Å². The molecule has 0 aliphatic heterocycles. The van der Waals surface area contributed by atoms with Crippen LogP contribution in [0.25, 0.3) is 0 Å². The van der Waals surface area contributed by atoms with Crippen LogP contribution in [0.2, 0.25) is 0 Å². The van der Waals surface area contributed by atoms with Gasteiger partial charge in [0, 0.05) is 28.5 Å². The van der Waals surface area contributed by atoms with Gasteiger partial charge in [-0.05, 0) is 53.3 Å². The zero-order valence-electron chi connectivity index (χ0n) is 17.2. The van der Waals surface area contributed by atoms with E-state index >= 15 is 0 Å². The minimum Gasteiger partial charge on any atom is -0.481 e. The third-order valence-corrected chi connectivity index (χ3v) is 4.81. The first-order valence-corrected chi connectivity index (χ1v) is 10.6. The molecule has 0 aliphatic carbocycles. The number of halogens is 1. The maximum absolute atomic E-state index is 12.0. The maximum Gasteiger partial charge on any atom is 0.328 e. The van der Waals surface area contributed by atoms with E-state index in [4.69, 9.17) is 10.2 Å². The number of carbonyl (C=O) groups is 6. The van der Waals surface area contributed by atoms with E-state index in [1.165, 1.54) is 0 Å². The molecule has 13 nitrogen and oxygen atoms in total. The van der Waals surface area contributed by atoms with Crippen LogP contribution in [-0.4, -0.2) is 76.2 Å². The van der Waals surface area contributed by atoms with Crippen molar-refractivity contribution < 1.29 is 44.1 Å². The van der Waals surface area contributed by atoms with Crippen molar-refractivity contribution in [3.05, 3.63) is 33.4 Å². The molecular formula is C19H23IN4O9. The van der Waals surface area contributed by atoms with E-state index in [2.05, 4.69) is 38.5 Å². The van der Waals surface area contributed by atoms with Crippen LogP contribution in [-0.2, 0) is 19.2 Å². The highest BCUT2D eigenvalue weighted by Gasteiger charge is 2.24. The third kappa shape index (κ3) is 11.1. The summed E-state index contributed by atoms with van der Waals surface area (Å²) >= 11 is 2.09. The Morgan fingerprint density at radius 3 is 1.97 bits per heavy atom. The second kappa shape index (κ2) is 13.9. The van der Waals surface area contributed by atoms with Crippen molar-refractivity contribution in [3.63, 3.8) is 0 Å². The van der Waals surface area contributed by atoms with E-state index < -0.39 is 60.8 Å². The predicted molar refractivity (Wildman–Crippen MR) is 121 cm³/mol. The summed E-state index contributed by atoms with van der Waals surface area (Å²) in [6.07, 6.45) is -1.08. The van der Waals surface area contributed by atoms with Crippen LogP contribution in [0.4, 0.5) is 4.79 Å². The number of urea groups is 1. The SMILES string of the molecule is O=C(O)CCC(NC(=O)NCC(NC(=O)CCNC(=O)c1ccc(I)cc1)C(=O)O)C(=O)O. The Kier molecular flexibility index (Phi) is 11.6. The summed E-state index contributed by atoms with van der Waals surface area (Å²) < 4.78 is 0.948. The van der Waals surface area contributed by atoms with Gasteiger partial charge in [-0.25, -0.2) is 14.4 Å². The van der Waals surface area contributed by atoms with E-state index in [0.29, 0.717) is 5.56 Å². The molecule has 4 amide bonds. The molecule has 1 rings (SSSR count). The van der Waals surface area contributed by atoms with E-state index in [-0.39, 0.29) is 19.4 Å². The predicted octanol–water partition coefficient (Wildman–Crippen LogP) is -0.402. The molecule has 14 heteroatoms. The summed E-state index contributed by atoms with van der Waals surface area (Å²) in [6.45, 7) is -0.617. The fourth-order valence-corrected chi connectivity index (χ4v) is 2.75. The van der Waals surface area contributed by atoms with Crippen molar-refractivity contribution in [1.82, 2.24) is 21.3 Å². The van der Waals surface area contributed by atoms with Crippen LogP contribution in [0.5, 0.6) is 0 Å². The Hall–Kier alpha value is -3.43. The number of benzene rings is 1. The van der Waals surface area contributed by atoms with Gasteiger partial charge in [0.05, 0.1) is 6.54 Å². The molecular weight excluding hydrogens is 555 g/mol. The highest BCUT2D eigenvalue weighted by atomic mass is 127. The normalized spacial score (nSPS) is 12.0. The summed E-state index contributed by atoms with van der Waals surface area (Å²) in [4.78, 5) is 68.8. The monoisotopic (exact) mass is 578 g/mol. The second-order valence-corrected chi connectivity index (χ2v) is 7.89. The van der Waals surface area contributed by atoms with Crippen molar-refractivity contribution in [3.8, 4) is 0 Å². The molecule has 1 aromatic rings. The number of rotatable bonds is 13. The molecule has 0 fully saturated rings. The van der Waals surface area contributed by atoms with Gasteiger partial charge in [0.1, 0.15) is 12.1 Å². The fourth-order valence-electron chi connectivity index (χ4n) is 2.39. The van der Waals surface area contributed by atoms with Crippen molar-refractivity contribution >= 4 is 58.3 Å². The maximum atomic E-state index is 12.0. The molecule has 0 spiro atoms. The van der Waals surface area contributed by atoms with E-state index in [1.807, 2.05) is 5.32 Å². The highest BCUT2D eigenvalue weighted by molar-refractivity contribution is 14.1. The molecule has 2 atom stereocenters. The van der Waals surface area contributed by atoms with Gasteiger partial charge in [-0.1, -0.05) is 0 Å². The zero-order valence-corrected chi connectivity index (χ0v) is 19.3. The average Bonchev–Trinajstić information content (AvgIpc) is 2.73. The average molecular weight is 578 g/mol. The summed E-state index contributed by atoms with van der Waals surface area (Å²) in [5.74, 6) is -5.25. The van der Waals surface area contributed by atoms with E-state index in [1.54, 1.807) is 24.3 Å². The molecule has 180 valence electrons. The van der Waals surface area contributed by atoms with Gasteiger partial charge in [-0.2, -0.15) is 0 Å². The first-order chi connectivity index (χ1) is 15.5. The van der Waals surface area contributed by atoms with Gasteiger partial charge < -0.3 is 36.6 Å². The van der Waals surface area contributed by atoms with Crippen molar-refractivity contribution in [2.45, 2.75) is 31.3 Å². The number of hydrogen-bond donors (Lipinski definition) is 7. The molecule has 0 radical (unpaired) electrons. The van der Waals surface area contributed by atoms with E-state index in [0.717, 1.165) is 3.57 Å². The minimum atomic E-state index is -1.52. The summed E-state index contributed by atoms with van der Waals surface area (Å²) in [6, 6.07) is 2.67. The smallest absolute Gasteiger partial charge is 0.328 e. The Bertz CT molecular complexity index is 892. The van der Waals surface area contributed by atoms with Gasteiger partial charge in [0.25, 0.3) is 5.91 Å². The fraction of sp³-hybridized carbons (Fsp3) is 0.368. The molecule has 0 heterocycles. The van der Waals surface area contributed by atoms with Gasteiger partial charge >= 0.3 is 23.9 Å². The molecule has 0 saturated carbocycles. The summed E-state index contributed by atoms with van der Waals surface area (Å²) in [7, 11) is 0. The molecule has 1 aromatic carbocycles. The lowest BCUT2D eigenvalue weighted by Gasteiger charge is -2.18. The third-order valence-electron chi connectivity index (χ3n) is 4.09. The van der Waals surface area contributed by atoms with Crippen LogP contribution in [0.1, 0.15) is 29.6 Å². The molecule has 33 heavy (non-hydrogen) atoms. The lowest BCUT2D eigenvalue weighted by molar-refractivity contribution is -0.142. The number of hydrogen-bond acceptors (Lipinski definition) is 6. The molecule has 0 aliphatic rings. The van der Waals surface area contributed by atoms with Crippen LogP contribution < -0.4 is 21.3 Å². The van der Waals surface area contributed by atoms with Crippen molar-refractivity contribution in [2.75, 3.05) is 13.1 Å². The highest BCUT2D eigenvalue weighted by Crippen LogP contribution is 2.06. The van der Waals surface area contributed by atoms with Crippen LogP contribution in [0.3, 0.4) is 0 Å². The van der Waals surface area contributed by atoms with Crippen molar-refractivity contribution in [1.29, 1.82) is 0 Å². The molecule has 7 N–H and O–H groups in total. The Morgan fingerprint density at radius 2 is 1.42 bits per heavy atom. The van der Waals surface area contributed by atoms with Crippen LogP contribution >= 0.6 is 22.6 Å². The first kappa shape index (κ1) is 27.6. The molecule has 0 aromatic heterocycles. The number of carboxylic acids is 3. The van der Waals surface area contributed by atoms with Gasteiger partial charge in [-0.15, -0.1) is 0 Å². The second-order valence-electron chi connectivity index (χ2n) is 6.65. The first-order valence-electron chi connectivity index (χ1n) is 9.54. The number of aliphatic carboxylic acids is 3. The Morgan fingerprint density at radius 1 is 0.818 bits per heavy atom. The van der Waals surface area contributed by atoms with Crippen LogP contribution in [0.15, 0.2) is 24.3 Å². The number of carboxylic acid groups (broad SMARTS) is 3. The molecule has 0 bridgehead atoms. The molecule has 0 saturated heterocycles. The minimum absolute atomic E-state index is 0.0548. The lowest BCUT2D eigenvalue weighted by atomic mass is 10.1. The number of amides is 4. The summed E-state index contributed by atoms with van der Waals surface area (Å²) in [5, 5.41) is 35.7. The zero-order chi connectivity index (χ0) is 25.0. The standard InChI is InChI=1S/C19H23IN4O9/c20-11-3-1-10(2-4-11)16(28)21-8-7-14(25)23-13(18(31)32)9-22-19(33)24-12(17(29)30)5-6-15(26)27/h1-4,12-13H,5-9H2,(H,21,28)(H,23,25)(H,26,27)(H,29,30)(H,31,32)(H2,22,24,33). The quantitative estimate of drug-likeness (QED) is 0.152. The topological polar surface area (TPSA) is 211 Å². The van der Waals surface area contributed by atoms with Crippen molar-refractivity contribution in [2.24, 2.45) is 0 Å². The van der Waals surface area contributed by atoms with E-state index in [9.17, 15) is 33.9 Å². The summed E-state index contributed by atoms with van der Waals surface area (Å²) in [5.41, 5.74) is 0.400.